The Kier molecular flexibility index (Phi) is 5.61. The van der Waals surface area contributed by atoms with E-state index in [1.54, 1.807) is 0 Å². The maximum Gasteiger partial charge on any atom is 0.214 e. The zero-order valence-electron chi connectivity index (χ0n) is 11.3. The second-order valence-corrected chi connectivity index (χ2v) is 7.89. The summed E-state index contributed by atoms with van der Waals surface area (Å²) in [5.74, 6) is 5.42. The Morgan fingerprint density at radius 1 is 1.35 bits per heavy atom. The molecule has 1 fully saturated rings. The molecule has 1 saturated carbocycles. The standard InChI is InChI=1S/C14H19NO3S2/c16-9-4-5-12-8-10-19-14(12)11-15-20(17,18)13-6-2-1-3-7-13/h8,10,13,15-16H,1-3,6-7,9,11H2. The van der Waals surface area contributed by atoms with Crippen molar-refractivity contribution in [3.05, 3.63) is 21.9 Å². The van der Waals surface area contributed by atoms with Crippen molar-refractivity contribution < 1.29 is 13.5 Å². The first kappa shape index (κ1) is 15.5. The number of hydrogen-bond donors (Lipinski definition) is 2. The van der Waals surface area contributed by atoms with E-state index >= 15 is 0 Å². The SMILES string of the molecule is O=S(=O)(NCc1sccc1C#CCO)C1CCCCC1. The minimum atomic E-state index is -3.24. The lowest BCUT2D eigenvalue weighted by Crippen LogP contribution is -2.35. The Bertz CT molecular complexity index is 589. The third-order valence-corrected chi connectivity index (χ3v) is 6.29. The molecule has 0 amide bonds. The molecule has 0 atom stereocenters. The summed E-state index contributed by atoms with van der Waals surface area (Å²) in [7, 11) is -3.24. The van der Waals surface area contributed by atoms with Gasteiger partial charge in [-0.2, -0.15) is 0 Å². The Morgan fingerprint density at radius 3 is 2.80 bits per heavy atom. The fraction of sp³-hybridized carbons (Fsp3) is 0.571. The molecule has 20 heavy (non-hydrogen) atoms. The first-order valence-corrected chi connectivity index (χ1v) is 9.20. The highest BCUT2D eigenvalue weighted by Gasteiger charge is 2.26. The molecule has 0 aromatic carbocycles. The molecule has 1 aromatic rings. The van der Waals surface area contributed by atoms with E-state index in [4.69, 9.17) is 5.11 Å². The second-order valence-electron chi connectivity index (χ2n) is 4.84. The van der Waals surface area contributed by atoms with E-state index in [-0.39, 0.29) is 18.4 Å². The van der Waals surface area contributed by atoms with Gasteiger partial charge in [0, 0.05) is 17.0 Å². The average molecular weight is 313 g/mol. The summed E-state index contributed by atoms with van der Waals surface area (Å²) in [5.41, 5.74) is 0.787. The molecular weight excluding hydrogens is 294 g/mol. The molecule has 6 heteroatoms. The zero-order valence-corrected chi connectivity index (χ0v) is 12.9. The summed E-state index contributed by atoms with van der Waals surface area (Å²) in [4.78, 5) is 0.894. The van der Waals surface area contributed by atoms with Crippen LogP contribution in [0.3, 0.4) is 0 Å². The number of thiophene rings is 1. The molecule has 2 rings (SSSR count). The minimum absolute atomic E-state index is 0.191. The molecule has 4 nitrogen and oxygen atoms in total. The summed E-state index contributed by atoms with van der Waals surface area (Å²) in [6.07, 6.45) is 4.65. The van der Waals surface area contributed by atoms with Gasteiger partial charge >= 0.3 is 0 Å². The van der Waals surface area contributed by atoms with Crippen LogP contribution in [-0.2, 0) is 16.6 Å². The maximum absolute atomic E-state index is 12.2. The summed E-state index contributed by atoms with van der Waals surface area (Å²) in [5, 5.41) is 10.3. The molecule has 0 bridgehead atoms. The lowest BCUT2D eigenvalue weighted by Gasteiger charge is -2.21. The van der Waals surface area contributed by atoms with Gasteiger partial charge in [0.2, 0.25) is 10.0 Å². The summed E-state index contributed by atoms with van der Waals surface area (Å²) in [6.45, 7) is 0.0923. The zero-order chi connectivity index (χ0) is 14.4. The third-order valence-electron chi connectivity index (χ3n) is 3.47. The smallest absolute Gasteiger partial charge is 0.214 e. The number of aliphatic hydroxyl groups is 1. The van der Waals surface area contributed by atoms with Crippen LogP contribution in [0.25, 0.3) is 0 Å². The Labute approximate surface area is 124 Å². The number of aliphatic hydroxyl groups excluding tert-OH is 1. The van der Waals surface area contributed by atoms with E-state index in [2.05, 4.69) is 16.6 Å². The van der Waals surface area contributed by atoms with Crippen LogP contribution in [0.5, 0.6) is 0 Å². The van der Waals surface area contributed by atoms with Gasteiger partial charge < -0.3 is 5.11 Å². The van der Waals surface area contributed by atoms with Crippen LogP contribution in [0.2, 0.25) is 0 Å². The minimum Gasteiger partial charge on any atom is -0.384 e. The van der Waals surface area contributed by atoms with E-state index in [0.717, 1.165) is 42.5 Å². The predicted molar refractivity (Wildman–Crippen MR) is 80.9 cm³/mol. The van der Waals surface area contributed by atoms with Crippen LogP contribution in [0, 0.1) is 11.8 Å². The van der Waals surface area contributed by atoms with Gasteiger partial charge in [0.25, 0.3) is 0 Å². The lowest BCUT2D eigenvalue weighted by molar-refractivity contribution is 0.350. The van der Waals surface area contributed by atoms with Crippen molar-refractivity contribution in [1.29, 1.82) is 0 Å². The van der Waals surface area contributed by atoms with Gasteiger partial charge in [-0.1, -0.05) is 31.1 Å². The van der Waals surface area contributed by atoms with Crippen molar-refractivity contribution >= 4 is 21.4 Å². The van der Waals surface area contributed by atoms with Crippen molar-refractivity contribution in [2.45, 2.75) is 43.9 Å². The van der Waals surface area contributed by atoms with Gasteiger partial charge in [-0.3, -0.25) is 0 Å². The molecule has 1 aliphatic carbocycles. The Hall–Kier alpha value is -0.870. The number of sulfonamides is 1. The molecule has 2 N–H and O–H groups in total. The maximum atomic E-state index is 12.2. The first-order chi connectivity index (χ1) is 9.63. The molecule has 0 aliphatic heterocycles. The number of nitrogens with one attached hydrogen (secondary N) is 1. The quantitative estimate of drug-likeness (QED) is 0.834. The molecule has 1 aromatic heterocycles. The fourth-order valence-electron chi connectivity index (χ4n) is 2.38. The molecule has 1 heterocycles. The molecule has 1 aliphatic rings. The van der Waals surface area contributed by atoms with E-state index in [1.165, 1.54) is 11.3 Å². The number of hydrogen-bond acceptors (Lipinski definition) is 4. The summed E-state index contributed by atoms with van der Waals surface area (Å²) >= 11 is 1.48. The van der Waals surface area contributed by atoms with Gasteiger partial charge in [-0.15, -0.1) is 11.3 Å². The molecule has 110 valence electrons. The van der Waals surface area contributed by atoms with Gasteiger partial charge in [-0.05, 0) is 24.3 Å². The van der Waals surface area contributed by atoms with Crippen LogP contribution in [0.1, 0.15) is 42.5 Å². The predicted octanol–water partition coefficient (Wildman–Crippen LogP) is 1.84. The van der Waals surface area contributed by atoms with Gasteiger partial charge in [0.05, 0.1) is 5.25 Å². The lowest BCUT2D eigenvalue weighted by atomic mass is 10.0. The normalized spacial score (nSPS) is 16.6. The van der Waals surface area contributed by atoms with E-state index in [1.807, 2.05) is 11.4 Å². The van der Waals surface area contributed by atoms with Crippen molar-refractivity contribution in [2.24, 2.45) is 0 Å². The van der Waals surface area contributed by atoms with Crippen LogP contribution in [0.4, 0.5) is 0 Å². The van der Waals surface area contributed by atoms with Gasteiger partial charge in [0.1, 0.15) is 6.61 Å². The number of rotatable bonds is 4. The average Bonchev–Trinajstić information content (AvgIpc) is 2.91. The molecule has 0 radical (unpaired) electrons. The Morgan fingerprint density at radius 2 is 2.10 bits per heavy atom. The first-order valence-electron chi connectivity index (χ1n) is 6.78. The van der Waals surface area contributed by atoms with Crippen LogP contribution in [0.15, 0.2) is 11.4 Å². The Balaban J connectivity index is 1.99. The highest BCUT2D eigenvalue weighted by atomic mass is 32.2. The van der Waals surface area contributed by atoms with Crippen LogP contribution < -0.4 is 4.72 Å². The third kappa shape index (κ3) is 4.06. The van der Waals surface area contributed by atoms with Gasteiger partial charge in [0.15, 0.2) is 0 Å². The largest absolute Gasteiger partial charge is 0.384 e. The van der Waals surface area contributed by atoms with Crippen molar-refractivity contribution in [3.8, 4) is 11.8 Å². The van der Waals surface area contributed by atoms with Crippen LogP contribution >= 0.6 is 11.3 Å². The molecule has 0 unspecified atom stereocenters. The summed E-state index contributed by atoms with van der Waals surface area (Å²) in [6, 6.07) is 1.84. The van der Waals surface area contributed by atoms with Crippen molar-refractivity contribution in [1.82, 2.24) is 4.72 Å². The highest BCUT2D eigenvalue weighted by molar-refractivity contribution is 7.90. The van der Waals surface area contributed by atoms with E-state index in [0.29, 0.717) is 0 Å². The fourth-order valence-corrected chi connectivity index (χ4v) is 4.78. The van der Waals surface area contributed by atoms with E-state index < -0.39 is 10.0 Å². The monoisotopic (exact) mass is 313 g/mol. The highest BCUT2D eigenvalue weighted by Crippen LogP contribution is 2.24. The second kappa shape index (κ2) is 7.23. The molecule has 0 saturated heterocycles. The van der Waals surface area contributed by atoms with Crippen molar-refractivity contribution in [3.63, 3.8) is 0 Å². The molecule has 0 spiro atoms. The molecular formula is C14H19NO3S2. The van der Waals surface area contributed by atoms with Crippen LogP contribution in [-0.4, -0.2) is 25.4 Å². The summed E-state index contributed by atoms with van der Waals surface area (Å²) < 4.78 is 27.1. The van der Waals surface area contributed by atoms with Crippen molar-refractivity contribution in [2.75, 3.05) is 6.61 Å². The topological polar surface area (TPSA) is 66.4 Å². The van der Waals surface area contributed by atoms with E-state index in [9.17, 15) is 8.42 Å². The van der Waals surface area contributed by atoms with Gasteiger partial charge in [-0.25, -0.2) is 13.1 Å².